The lowest BCUT2D eigenvalue weighted by atomic mass is 9.72. The lowest BCUT2D eigenvalue weighted by molar-refractivity contribution is 0.173. The standard InChI is InChI=1S/C14H23N3/c1-10-4-5-12(8-11(10)2)14(15-3)13-6-7-16-9-17-13/h6-7,9-12,14-15H,4-5,8H2,1-3H3. The molecule has 0 radical (unpaired) electrons. The Balaban J connectivity index is 2.09. The van der Waals surface area contributed by atoms with Gasteiger partial charge in [-0.15, -0.1) is 0 Å². The van der Waals surface area contributed by atoms with E-state index in [-0.39, 0.29) is 0 Å². The van der Waals surface area contributed by atoms with Crippen LogP contribution < -0.4 is 5.32 Å². The van der Waals surface area contributed by atoms with Gasteiger partial charge >= 0.3 is 0 Å². The zero-order valence-electron chi connectivity index (χ0n) is 11.1. The van der Waals surface area contributed by atoms with Gasteiger partial charge in [-0.2, -0.15) is 0 Å². The maximum Gasteiger partial charge on any atom is 0.115 e. The van der Waals surface area contributed by atoms with Crippen molar-refractivity contribution in [3.8, 4) is 0 Å². The molecule has 0 aliphatic heterocycles. The van der Waals surface area contributed by atoms with Crippen molar-refractivity contribution in [1.82, 2.24) is 15.3 Å². The van der Waals surface area contributed by atoms with E-state index >= 15 is 0 Å². The summed E-state index contributed by atoms with van der Waals surface area (Å²) in [6.45, 7) is 4.75. The largest absolute Gasteiger partial charge is 0.311 e. The number of hydrogen-bond donors (Lipinski definition) is 1. The van der Waals surface area contributed by atoms with Crippen LogP contribution in [-0.2, 0) is 0 Å². The van der Waals surface area contributed by atoms with Gasteiger partial charge in [-0.25, -0.2) is 9.97 Å². The lowest BCUT2D eigenvalue weighted by Gasteiger charge is -2.36. The van der Waals surface area contributed by atoms with Gasteiger partial charge in [0.05, 0.1) is 11.7 Å². The molecule has 1 aliphatic carbocycles. The lowest BCUT2D eigenvalue weighted by Crippen LogP contribution is -2.32. The highest BCUT2D eigenvalue weighted by molar-refractivity contribution is 5.07. The molecule has 0 amide bonds. The highest BCUT2D eigenvalue weighted by atomic mass is 14.9. The summed E-state index contributed by atoms with van der Waals surface area (Å²) >= 11 is 0. The summed E-state index contributed by atoms with van der Waals surface area (Å²) in [4.78, 5) is 8.39. The molecule has 17 heavy (non-hydrogen) atoms. The highest BCUT2D eigenvalue weighted by Crippen LogP contribution is 2.39. The van der Waals surface area contributed by atoms with Crippen LogP contribution in [-0.4, -0.2) is 17.0 Å². The minimum atomic E-state index is 0.382. The van der Waals surface area contributed by atoms with Crippen LogP contribution in [0.4, 0.5) is 0 Å². The number of hydrogen-bond acceptors (Lipinski definition) is 3. The molecule has 3 heteroatoms. The van der Waals surface area contributed by atoms with Crippen molar-refractivity contribution in [3.05, 3.63) is 24.3 Å². The Morgan fingerprint density at radius 2 is 2.12 bits per heavy atom. The third kappa shape index (κ3) is 2.83. The third-order valence-corrected chi connectivity index (χ3v) is 4.34. The van der Waals surface area contributed by atoms with Crippen LogP contribution in [0.15, 0.2) is 18.6 Å². The van der Waals surface area contributed by atoms with Gasteiger partial charge in [0.15, 0.2) is 0 Å². The summed E-state index contributed by atoms with van der Waals surface area (Å²) in [7, 11) is 2.04. The van der Waals surface area contributed by atoms with Gasteiger partial charge in [-0.05, 0) is 43.7 Å². The van der Waals surface area contributed by atoms with Crippen molar-refractivity contribution >= 4 is 0 Å². The predicted molar refractivity (Wildman–Crippen MR) is 69.5 cm³/mol. The minimum absolute atomic E-state index is 0.382. The van der Waals surface area contributed by atoms with E-state index in [1.807, 2.05) is 19.3 Å². The molecule has 4 atom stereocenters. The molecule has 1 aromatic rings. The average Bonchev–Trinajstić information content (AvgIpc) is 2.36. The summed E-state index contributed by atoms with van der Waals surface area (Å²) in [5.41, 5.74) is 1.13. The van der Waals surface area contributed by atoms with E-state index in [0.717, 1.165) is 17.5 Å². The molecule has 1 aliphatic rings. The monoisotopic (exact) mass is 233 g/mol. The molecule has 94 valence electrons. The summed E-state index contributed by atoms with van der Waals surface area (Å²) in [5.74, 6) is 2.40. The topological polar surface area (TPSA) is 37.8 Å². The van der Waals surface area contributed by atoms with Crippen LogP contribution in [0, 0.1) is 17.8 Å². The Kier molecular flexibility index (Phi) is 4.11. The third-order valence-electron chi connectivity index (χ3n) is 4.34. The second-order valence-corrected chi connectivity index (χ2v) is 5.43. The summed E-state index contributed by atoms with van der Waals surface area (Å²) in [5, 5.41) is 3.43. The smallest absolute Gasteiger partial charge is 0.115 e. The molecular formula is C14H23N3. The fraction of sp³-hybridized carbons (Fsp3) is 0.714. The average molecular weight is 233 g/mol. The van der Waals surface area contributed by atoms with E-state index < -0.39 is 0 Å². The molecule has 0 bridgehead atoms. The Morgan fingerprint density at radius 3 is 2.71 bits per heavy atom. The van der Waals surface area contributed by atoms with Gasteiger partial charge in [0.2, 0.25) is 0 Å². The normalized spacial score (nSPS) is 31.1. The Labute approximate surface area is 104 Å². The summed E-state index contributed by atoms with van der Waals surface area (Å²) in [6, 6.07) is 2.41. The van der Waals surface area contributed by atoms with Crippen LogP contribution >= 0.6 is 0 Å². The fourth-order valence-electron chi connectivity index (χ4n) is 3.00. The Bertz CT molecular complexity index is 339. The molecule has 1 fully saturated rings. The SMILES string of the molecule is CNC(c1ccncn1)C1CCC(C)C(C)C1. The quantitative estimate of drug-likeness (QED) is 0.872. The molecule has 0 saturated heterocycles. The van der Waals surface area contributed by atoms with Crippen molar-refractivity contribution in [3.63, 3.8) is 0 Å². The van der Waals surface area contributed by atoms with Crippen molar-refractivity contribution in [2.24, 2.45) is 17.8 Å². The first-order valence-corrected chi connectivity index (χ1v) is 6.65. The van der Waals surface area contributed by atoms with Crippen molar-refractivity contribution < 1.29 is 0 Å². The molecule has 1 N–H and O–H groups in total. The molecule has 1 saturated carbocycles. The van der Waals surface area contributed by atoms with Gasteiger partial charge in [0.1, 0.15) is 6.33 Å². The van der Waals surface area contributed by atoms with Gasteiger partial charge in [-0.1, -0.05) is 20.3 Å². The van der Waals surface area contributed by atoms with E-state index in [1.54, 1.807) is 6.33 Å². The molecule has 2 rings (SSSR count). The van der Waals surface area contributed by atoms with E-state index in [4.69, 9.17) is 0 Å². The first-order valence-electron chi connectivity index (χ1n) is 6.65. The van der Waals surface area contributed by atoms with Crippen LogP contribution in [0.1, 0.15) is 44.8 Å². The maximum absolute atomic E-state index is 4.40. The van der Waals surface area contributed by atoms with Gasteiger partial charge < -0.3 is 5.32 Å². The van der Waals surface area contributed by atoms with Crippen LogP contribution in [0.2, 0.25) is 0 Å². The zero-order chi connectivity index (χ0) is 12.3. The second-order valence-electron chi connectivity index (χ2n) is 5.43. The molecule has 3 nitrogen and oxygen atoms in total. The van der Waals surface area contributed by atoms with Crippen molar-refractivity contribution in [2.45, 2.75) is 39.2 Å². The Morgan fingerprint density at radius 1 is 1.29 bits per heavy atom. The molecule has 4 unspecified atom stereocenters. The van der Waals surface area contributed by atoms with Crippen LogP contribution in [0.5, 0.6) is 0 Å². The number of rotatable bonds is 3. The first kappa shape index (κ1) is 12.5. The van der Waals surface area contributed by atoms with Crippen LogP contribution in [0.3, 0.4) is 0 Å². The van der Waals surface area contributed by atoms with E-state index in [2.05, 4.69) is 29.1 Å². The minimum Gasteiger partial charge on any atom is -0.311 e. The highest BCUT2D eigenvalue weighted by Gasteiger charge is 2.30. The Hall–Kier alpha value is -0.960. The first-order chi connectivity index (χ1) is 8.22. The van der Waals surface area contributed by atoms with Gasteiger partial charge in [-0.3, -0.25) is 0 Å². The fourth-order valence-corrected chi connectivity index (χ4v) is 3.00. The summed E-state index contributed by atoms with van der Waals surface area (Å²) < 4.78 is 0. The van der Waals surface area contributed by atoms with Crippen molar-refractivity contribution in [2.75, 3.05) is 7.05 Å². The molecule has 1 heterocycles. The number of nitrogens with zero attached hydrogens (tertiary/aromatic N) is 2. The van der Waals surface area contributed by atoms with Gasteiger partial charge in [0.25, 0.3) is 0 Å². The van der Waals surface area contributed by atoms with Gasteiger partial charge in [0, 0.05) is 6.20 Å². The second kappa shape index (κ2) is 5.58. The van der Waals surface area contributed by atoms with E-state index in [1.165, 1.54) is 19.3 Å². The number of nitrogens with one attached hydrogen (secondary N) is 1. The maximum atomic E-state index is 4.40. The number of aromatic nitrogens is 2. The molecular weight excluding hydrogens is 210 g/mol. The van der Waals surface area contributed by atoms with E-state index in [0.29, 0.717) is 12.0 Å². The molecule has 0 spiro atoms. The van der Waals surface area contributed by atoms with Crippen molar-refractivity contribution in [1.29, 1.82) is 0 Å². The zero-order valence-corrected chi connectivity index (χ0v) is 11.1. The molecule has 1 aromatic heterocycles. The molecule has 0 aromatic carbocycles. The summed E-state index contributed by atoms with van der Waals surface area (Å²) in [6.07, 6.45) is 7.43. The van der Waals surface area contributed by atoms with E-state index in [9.17, 15) is 0 Å². The predicted octanol–water partition coefficient (Wildman–Crippen LogP) is 2.81. The van der Waals surface area contributed by atoms with Crippen LogP contribution in [0.25, 0.3) is 0 Å².